The van der Waals surface area contributed by atoms with Crippen molar-refractivity contribution in [3.8, 4) is 0 Å². The largest absolute Gasteiger partial charge is 0.449 e. The Hall–Kier alpha value is -2.55. The van der Waals surface area contributed by atoms with Crippen molar-refractivity contribution in [2.45, 2.75) is 13.3 Å². The molecule has 0 saturated heterocycles. The Bertz CT molecular complexity index is 759. The van der Waals surface area contributed by atoms with E-state index in [2.05, 4.69) is 18.2 Å². The number of para-hydroxylation sites is 1. The van der Waals surface area contributed by atoms with Gasteiger partial charge in [0.2, 0.25) is 0 Å². The minimum atomic E-state index is -0.315. The number of nitrogens with zero attached hydrogens (tertiary/aromatic N) is 1. The predicted molar refractivity (Wildman–Crippen MR) is 83.6 cm³/mol. The molecule has 0 aliphatic rings. The van der Waals surface area contributed by atoms with Crippen LogP contribution in [0.5, 0.6) is 0 Å². The summed E-state index contributed by atoms with van der Waals surface area (Å²) in [5.74, 6) is 0. The Balaban J connectivity index is 2.08. The fraction of sp³-hybridized carbons (Fsp3) is 0.167. The van der Waals surface area contributed by atoms with Crippen LogP contribution in [-0.4, -0.2) is 17.3 Å². The summed E-state index contributed by atoms with van der Waals surface area (Å²) in [5, 5.41) is 1.05. The molecule has 106 valence electrons. The van der Waals surface area contributed by atoms with Gasteiger partial charge < -0.3 is 4.74 Å². The molecule has 0 radical (unpaired) electrons. The number of benzene rings is 2. The Morgan fingerprint density at radius 1 is 1.05 bits per heavy atom. The molecule has 3 rings (SSSR count). The third-order valence-electron chi connectivity index (χ3n) is 3.47. The van der Waals surface area contributed by atoms with E-state index in [9.17, 15) is 4.79 Å². The molecule has 1 heterocycles. The smallest absolute Gasteiger partial charge is 0.418 e. The van der Waals surface area contributed by atoms with Gasteiger partial charge in [-0.25, -0.2) is 9.36 Å². The van der Waals surface area contributed by atoms with Crippen LogP contribution in [0.3, 0.4) is 0 Å². The summed E-state index contributed by atoms with van der Waals surface area (Å²) in [6, 6.07) is 20.1. The minimum absolute atomic E-state index is 0.315. The minimum Gasteiger partial charge on any atom is -0.449 e. The van der Waals surface area contributed by atoms with Gasteiger partial charge in [0.15, 0.2) is 0 Å². The quantitative estimate of drug-likeness (QED) is 0.718. The van der Waals surface area contributed by atoms with Crippen molar-refractivity contribution in [2.24, 2.45) is 0 Å². The summed E-state index contributed by atoms with van der Waals surface area (Å²) in [6.45, 7) is 2.19. The van der Waals surface area contributed by atoms with E-state index in [1.807, 2.05) is 49.4 Å². The van der Waals surface area contributed by atoms with Crippen molar-refractivity contribution < 1.29 is 9.53 Å². The van der Waals surface area contributed by atoms with Gasteiger partial charge in [0.1, 0.15) is 0 Å². The molecule has 0 saturated carbocycles. The number of carbonyl (C=O) groups excluding carboxylic acids is 1. The summed E-state index contributed by atoms with van der Waals surface area (Å²) >= 11 is 0. The number of rotatable bonds is 3. The average molecular weight is 279 g/mol. The molecule has 3 heteroatoms. The molecule has 21 heavy (non-hydrogen) atoms. The summed E-state index contributed by atoms with van der Waals surface area (Å²) in [7, 11) is 0. The van der Waals surface area contributed by atoms with Gasteiger partial charge in [-0.1, -0.05) is 48.5 Å². The molecule has 3 aromatic rings. The normalized spacial score (nSPS) is 10.7. The number of hydrogen-bond acceptors (Lipinski definition) is 2. The van der Waals surface area contributed by atoms with E-state index in [-0.39, 0.29) is 6.09 Å². The van der Waals surface area contributed by atoms with E-state index < -0.39 is 0 Å². The molecular weight excluding hydrogens is 262 g/mol. The number of carbonyl (C=O) groups is 1. The lowest BCUT2D eigenvalue weighted by Gasteiger charge is -2.09. The van der Waals surface area contributed by atoms with E-state index in [4.69, 9.17) is 4.74 Å². The first-order valence-corrected chi connectivity index (χ1v) is 7.10. The first kappa shape index (κ1) is 13.4. The van der Waals surface area contributed by atoms with E-state index in [1.54, 1.807) is 4.57 Å². The van der Waals surface area contributed by atoms with E-state index in [0.29, 0.717) is 13.0 Å². The molecule has 0 bridgehead atoms. The lowest BCUT2D eigenvalue weighted by molar-refractivity contribution is 0.154. The highest BCUT2D eigenvalue weighted by atomic mass is 16.5. The van der Waals surface area contributed by atoms with Crippen LogP contribution in [0.15, 0.2) is 60.7 Å². The Kier molecular flexibility index (Phi) is 3.73. The maximum atomic E-state index is 12.3. The highest BCUT2D eigenvalue weighted by molar-refractivity contribution is 5.91. The highest BCUT2D eigenvalue weighted by Crippen LogP contribution is 2.22. The maximum absolute atomic E-state index is 12.3. The summed E-state index contributed by atoms with van der Waals surface area (Å²) < 4.78 is 6.87. The van der Waals surface area contributed by atoms with Crippen molar-refractivity contribution in [1.29, 1.82) is 0 Å². The van der Waals surface area contributed by atoms with Crippen molar-refractivity contribution in [1.82, 2.24) is 4.57 Å². The fourth-order valence-corrected chi connectivity index (χ4v) is 2.55. The zero-order valence-corrected chi connectivity index (χ0v) is 12.0. The Labute approximate surface area is 123 Å². The molecule has 0 atom stereocenters. The van der Waals surface area contributed by atoms with Crippen LogP contribution in [0.4, 0.5) is 4.79 Å². The Morgan fingerprint density at radius 2 is 1.76 bits per heavy atom. The number of fused-ring (bicyclic) bond motifs is 1. The molecule has 1 aromatic heterocycles. The number of hydrogen-bond donors (Lipinski definition) is 0. The maximum Gasteiger partial charge on any atom is 0.418 e. The molecule has 0 unspecified atom stereocenters. The lowest BCUT2D eigenvalue weighted by atomic mass is 10.1. The molecule has 0 spiro atoms. The monoisotopic (exact) mass is 279 g/mol. The van der Waals surface area contributed by atoms with Gasteiger partial charge in [-0.3, -0.25) is 0 Å². The SMILES string of the molecule is CCOC(=O)n1c(Cc2ccccc2)cc2ccccc21. The summed E-state index contributed by atoms with van der Waals surface area (Å²) in [4.78, 5) is 12.3. The second kappa shape index (κ2) is 5.83. The number of aromatic nitrogens is 1. The number of ether oxygens (including phenoxy) is 1. The molecule has 2 aromatic carbocycles. The molecule has 0 fully saturated rings. The summed E-state index contributed by atoms with van der Waals surface area (Å²) in [5.41, 5.74) is 3.01. The van der Waals surface area contributed by atoms with Crippen molar-refractivity contribution in [2.75, 3.05) is 6.61 Å². The first-order valence-electron chi connectivity index (χ1n) is 7.10. The molecule has 3 nitrogen and oxygen atoms in total. The molecular formula is C18H17NO2. The van der Waals surface area contributed by atoms with E-state index in [1.165, 1.54) is 5.56 Å². The van der Waals surface area contributed by atoms with Crippen LogP contribution < -0.4 is 0 Å². The van der Waals surface area contributed by atoms with Gasteiger partial charge in [-0.05, 0) is 24.6 Å². The van der Waals surface area contributed by atoms with Gasteiger partial charge in [0.05, 0.1) is 12.1 Å². The van der Waals surface area contributed by atoms with E-state index in [0.717, 1.165) is 16.6 Å². The first-order chi connectivity index (χ1) is 10.3. The van der Waals surface area contributed by atoms with Crippen LogP contribution in [-0.2, 0) is 11.2 Å². The van der Waals surface area contributed by atoms with Crippen LogP contribution >= 0.6 is 0 Å². The van der Waals surface area contributed by atoms with Crippen LogP contribution in [0, 0.1) is 0 Å². The molecule has 0 aliphatic heterocycles. The third kappa shape index (κ3) is 2.68. The third-order valence-corrected chi connectivity index (χ3v) is 3.47. The lowest BCUT2D eigenvalue weighted by Crippen LogP contribution is -2.16. The topological polar surface area (TPSA) is 31.2 Å². The van der Waals surface area contributed by atoms with Gasteiger partial charge in [0.25, 0.3) is 0 Å². The van der Waals surface area contributed by atoms with Crippen molar-refractivity contribution in [3.05, 3.63) is 71.9 Å². The van der Waals surface area contributed by atoms with Gasteiger partial charge in [-0.15, -0.1) is 0 Å². The second-order valence-corrected chi connectivity index (χ2v) is 4.89. The van der Waals surface area contributed by atoms with Crippen LogP contribution in [0.2, 0.25) is 0 Å². The van der Waals surface area contributed by atoms with Crippen molar-refractivity contribution in [3.63, 3.8) is 0 Å². The average Bonchev–Trinajstić information content (AvgIpc) is 2.86. The molecule has 0 amide bonds. The van der Waals surface area contributed by atoms with Crippen LogP contribution in [0.1, 0.15) is 18.2 Å². The highest BCUT2D eigenvalue weighted by Gasteiger charge is 2.15. The van der Waals surface area contributed by atoms with Gasteiger partial charge in [-0.2, -0.15) is 0 Å². The van der Waals surface area contributed by atoms with Crippen molar-refractivity contribution >= 4 is 17.0 Å². The zero-order chi connectivity index (χ0) is 14.7. The van der Waals surface area contributed by atoms with Gasteiger partial charge in [0, 0.05) is 17.5 Å². The Morgan fingerprint density at radius 3 is 2.52 bits per heavy atom. The van der Waals surface area contributed by atoms with Gasteiger partial charge >= 0.3 is 6.09 Å². The molecule has 0 N–H and O–H groups in total. The van der Waals surface area contributed by atoms with E-state index >= 15 is 0 Å². The fourth-order valence-electron chi connectivity index (χ4n) is 2.55. The predicted octanol–water partition coefficient (Wildman–Crippen LogP) is 4.24. The summed E-state index contributed by atoms with van der Waals surface area (Å²) in [6.07, 6.45) is 0.388. The second-order valence-electron chi connectivity index (χ2n) is 4.89. The van der Waals surface area contributed by atoms with Crippen LogP contribution in [0.25, 0.3) is 10.9 Å². The molecule has 0 aliphatic carbocycles. The standard InChI is InChI=1S/C18H17NO2/c1-2-21-18(20)19-16(12-14-8-4-3-5-9-14)13-15-10-6-7-11-17(15)19/h3-11,13H,2,12H2,1H3. The zero-order valence-electron chi connectivity index (χ0n) is 12.0.